The number of nitrogens with one attached hydrogen (secondary N) is 2. The number of hydrogen-bond acceptors (Lipinski definition) is 6. The van der Waals surface area contributed by atoms with Gasteiger partial charge in [-0.2, -0.15) is 13.5 Å². The summed E-state index contributed by atoms with van der Waals surface area (Å²) in [4.78, 5) is 27.4. The Kier molecular flexibility index (Phi) is 6.30. The molecule has 1 saturated heterocycles. The van der Waals surface area contributed by atoms with Crippen molar-refractivity contribution >= 4 is 27.6 Å². The molecular weight excluding hydrogens is 470 g/mol. The van der Waals surface area contributed by atoms with Crippen molar-refractivity contribution in [3.05, 3.63) is 40.1 Å². The van der Waals surface area contributed by atoms with Crippen molar-refractivity contribution in [2.75, 3.05) is 25.6 Å². The lowest BCUT2D eigenvalue weighted by Gasteiger charge is -2.31. The van der Waals surface area contributed by atoms with Gasteiger partial charge in [0.1, 0.15) is 5.69 Å². The zero-order valence-electron chi connectivity index (χ0n) is 20.1. The van der Waals surface area contributed by atoms with E-state index >= 15 is 0 Å². The number of urea groups is 1. The lowest BCUT2D eigenvalue weighted by atomic mass is 9.99. The molecular formula is C24H35N5O5S. The van der Waals surface area contributed by atoms with Crippen LogP contribution in [0.4, 0.5) is 10.5 Å². The molecule has 11 heteroatoms. The molecule has 1 aromatic carbocycles. The highest BCUT2D eigenvalue weighted by molar-refractivity contribution is 7.90. The Hall–Kier alpha value is -2.92. The number of benzene rings is 1. The summed E-state index contributed by atoms with van der Waals surface area (Å²) in [5.41, 5.74) is 5.60. The predicted octanol–water partition coefficient (Wildman–Crippen LogP) is 2.65. The third-order valence-corrected chi connectivity index (χ3v) is 8.55. The number of fused-ring (bicyclic) bond motifs is 2. The number of aromatic nitrogens is 2. The number of sulfonamides is 1. The van der Waals surface area contributed by atoms with Gasteiger partial charge in [-0.25, -0.2) is 9.52 Å². The van der Waals surface area contributed by atoms with Gasteiger partial charge >= 0.3 is 6.03 Å². The molecule has 1 aliphatic heterocycles. The van der Waals surface area contributed by atoms with Crippen LogP contribution in [0, 0.1) is 0 Å². The third-order valence-electron chi connectivity index (χ3n) is 7.35. The van der Waals surface area contributed by atoms with Crippen molar-refractivity contribution in [3.63, 3.8) is 0 Å². The number of ether oxygens (including phenoxy) is 1. The average molecular weight is 506 g/mol. The molecule has 5 rings (SSSR count). The summed E-state index contributed by atoms with van der Waals surface area (Å²) >= 11 is 0. The predicted molar refractivity (Wildman–Crippen MR) is 133 cm³/mol. The summed E-state index contributed by atoms with van der Waals surface area (Å²) in [7, 11) is -1.07. The molecule has 2 heterocycles. The van der Waals surface area contributed by atoms with Crippen LogP contribution in [-0.2, 0) is 47.5 Å². The van der Waals surface area contributed by atoms with Gasteiger partial charge in [0.05, 0.1) is 0 Å². The monoisotopic (exact) mass is 505 g/mol. The normalized spacial score (nSPS) is 17.7. The number of carbonyl (C=O) groups excluding carboxylic acids is 2. The van der Waals surface area contributed by atoms with Crippen LogP contribution in [0.2, 0.25) is 0 Å². The van der Waals surface area contributed by atoms with Gasteiger partial charge in [-0.1, -0.05) is 6.07 Å². The minimum absolute atomic E-state index is 0. The van der Waals surface area contributed by atoms with E-state index in [1.165, 1.54) is 28.9 Å². The number of rotatable bonds is 5. The molecule has 10 nitrogen and oxygen atoms in total. The molecule has 0 atom stereocenters. The maximum absolute atomic E-state index is 13.0. The zero-order chi connectivity index (χ0) is 24.7. The topological polar surface area (TPSA) is 123 Å². The van der Waals surface area contributed by atoms with Crippen molar-refractivity contribution < 1.29 is 25.6 Å². The Morgan fingerprint density at radius 2 is 1.71 bits per heavy atom. The fourth-order valence-electron chi connectivity index (χ4n) is 5.47. The Balaban J connectivity index is 0.00000190. The summed E-state index contributed by atoms with van der Waals surface area (Å²) in [6, 6.07) is 2.65. The third kappa shape index (κ3) is 4.54. The fourth-order valence-corrected chi connectivity index (χ4v) is 6.37. The summed E-state index contributed by atoms with van der Waals surface area (Å²) in [6.07, 6.45) is 7.20. The maximum Gasteiger partial charge on any atom is 0.333 e. The van der Waals surface area contributed by atoms with Crippen molar-refractivity contribution in [1.29, 1.82) is 0 Å². The lowest BCUT2D eigenvalue weighted by molar-refractivity contribution is 0.0356. The molecule has 2 aliphatic carbocycles. The van der Waals surface area contributed by atoms with E-state index in [0.29, 0.717) is 13.2 Å². The number of carbonyl (C=O) groups is 2. The van der Waals surface area contributed by atoms with Crippen molar-refractivity contribution in [2.45, 2.75) is 62.4 Å². The lowest BCUT2D eigenvalue weighted by Crippen LogP contribution is -2.41. The van der Waals surface area contributed by atoms with Crippen LogP contribution in [0.3, 0.4) is 0 Å². The van der Waals surface area contributed by atoms with Crippen LogP contribution in [0.15, 0.2) is 17.2 Å². The standard InChI is InChI=1S/C24H31N5O5S.2H2/c1-28(17-9-11-34-12-10-17)23(30)20-14-21(26-29(20)2)35(32,33)27-24(31)25-22-18-7-3-5-15(18)13-16-6-4-8-19(16)22;;/h13-14,17H,3-12H2,1-2H3,(H2,25,27,31);2*1H. The van der Waals surface area contributed by atoms with E-state index in [1.54, 1.807) is 11.9 Å². The first kappa shape index (κ1) is 23.8. The van der Waals surface area contributed by atoms with Gasteiger partial charge in [0.2, 0.25) is 0 Å². The minimum Gasteiger partial charge on any atom is -0.381 e. The largest absolute Gasteiger partial charge is 0.381 e. The Bertz CT molecular complexity index is 1260. The summed E-state index contributed by atoms with van der Waals surface area (Å²) in [6.45, 7) is 1.17. The molecule has 0 radical (unpaired) electrons. The highest BCUT2D eigenvalue weighted by Gasteiger charge is 2.30. The Morgan fingerprint density at radius 1 is 1.09 bits per heavy atom. The fraction of sp³-hybridized carbons (Fsp3) is 0.542. The average Bonchev–Trinajstić information content (AvgIpc) is 3.58. The van der Waals surface area contributed by atoms with Gasteiger partial charge in [-0.05, 0) is 73.6 Å². The van der Waals surface area contributed by atoms with E-state index in [2.05, 4.69) is 21.2 Å². The first-order chi connectivity index (χ1) is 16.7. The van der Waals surface area contributed by atoms with E-state index < -0.39 is 16.1 Å². The van der Waals surface area contributed by atoms with Gasteiger partial charge in [-0.15, -0.1) is 0 Å². The van der Waals surface area contributed by atoms with Crippen LogP contribution in [0.25, 0.3) is 0 Å². The van der Waals surface area contributed by atoms with Crippen molar-refractivity contribution in [3.8, 4) is 0 Å². The zero-order valence-corrected chi connectivity index (χ0v) is 20.9. The van der Waals surface area contributed by atoms with Crippen LogP contribution >= 0.6 is 0 Å². The molecule has 0 spiro atoms. The maximum atomic E-state index is 13.0. The van der Waals surface area contributed by atoms with Gasteiger partial charge < -0.3 is 15.0 Å². The number of anilines is 1. The van der Waals surface area contributed by atoms with Crippen LogP contribution in [0.5, 0.6) is 0 Å². The molecule has 0 bridgehead atoms. The van der Waals surface area contributed by atoms with E-state index in [4.69, 9.17) is 4.74 Å². The van der Waals surface area contributed by atoms with E-state index in [9.17, 15) is 18.0 Å². The second-order valence-corrected chi connectivity index (χ2v) is 11.2. The summed E-state index contributed by atoms with van der Waals surface area (Å²) in [5.74, 6) is -0.326. The van der Waals surface area contributed by atoms with Gasteiger partial charge in [0.25, 0.3) is 15.9 Å². The van der Waals surface area contributed by atoms with Gasteiger partial charge in [0, 0.05) is 48.0 Å². The van der Waals surface area contributed by atoms with Crippen LogP contribution < -0.4 is 10.0 Å². The van der Waals surface area contributed by atoms with E-state index in [-0.39, 0.29) is 25.5 Å². The molecule has 1 fully saturated rings. The molecule has 3 amide bonds. The Morgan fingerprint density at radius 3 is 2.34 bits per heavy atom. The number of aryl methyl sites for hydroxylation is 3. The molecule has 192 valence electrons. The molecule has 0 unspecified atom stereocenters. The van der Waals surface area contributed by atoms with E-state index in [0.717, 1.165) is 68.2 Å². The summed E-state index contributed by atoms with van der Waals surface area (Å²) < 4.78 is 34.6. The number of amides is 3. The quantitative estimate of drug-likeness (QED) is 0.644. The van der Waals surface area contributed by atoms with Crippen molar-refractivity contribution in [2.24, 2.45) is 7.05 Å². The second-order valence-electron chi connectivity index (χ2n) is 9.54. The van der Waals surface area contributed by atoms with Crippen LogP contribution in [0.1, 0.15) is 61.3 Å². The van der Waals surface area contributed by atoms with Crippen LogP contribution in [-0.4, -0.2) is 61.3 Å². The highest BCUT2D eigenvalue weighted by Crippen LogP contribution is 2.38. The highest BCUT2D eigenvalue weighted by atomic mass is 32.2. The first-order valence-electron chi connectivity index (χ1n) is 12.1. The first-order valence-corrected chi connectivity index (χ1v) is 13.6. The summed E-state index contributed by atoms with van der Waals surface area (Å²) in [5, 5.41) is 6.47. The van der Waals surface area contributed by atoms with E-state index in [1.807, 2.05) is 0 Å². The van der Waals surface area contributed by atoms with Gasteiger partial charge in [0.15, 0.2) is 5.03 Å². The number of hydrogen-bond donors (Lipinski definition) is 2. The minimum atomic E-state index is -4.28. The smallest absolute Gasteiger partial charge is 0.333 e. The SMILES string of the molecule is CN(C(=O)c1cc(S(=O)(=O)NC(=O)Nc2c3c(cc4c2CCC4)CCC3)nn1C)C1CCOCC1.[HH].[HH]. The van der Waals surface area contributed by atoms with Crippen molar-refractivity contribution in [1.82, 2.24) is 19.4 Å². The second kappa shape index (κ2) is 9.27. The number of nitrogens with zero attached hydrogens (tertiary/aromatic N) is 3. The molecule has 35 heavy (non-hydrogen) atoms. The molecule has 1 aromatic heterocycles. The molecule has 2 N–H and O–H groups in total. The molecule has 0 saturated carbocycles. The Labute approximate surface area is 208 Å². The molecule has 3 aliphatic rings. The molecule has 2 aromatic rings. The van der Waals surface area contributed by atoms with Gasteiger partial charge in [-0.3, -0.25) is 9.48 Å².